The second-order valence-electron chi connectivity index (χ2n) is 4.87. The normalized spacial score (nSPS) is 23.6. The number of fused-ring (bicyclic) bond motifs is 1. The van der Waals surface area contributed by atoms with Crippen LogP contribution < -0.4 is 11.1 Å². The lowest BCUT2D eigenvalue weighted by Gasteiger charge is -2.09. The Hall–Kier alpha value is -1.16. The second kappa shape index (κ2) is 4.01. The zero-order chi connectivity index (χ0) is 11.0. The van der Waals surface area contributed by atoms with Gasteiger partial charge in [-0.15, -0.1) is 0 Å². The quantitative estimate of drug-likeness (QED) is 0.767. The molecule has 0 spiro atoms. The van der Waals surface area contributed by atoms with E-state index in [-0.39, 0.29) is 0 Å². The van der Waals surface area contributed by atoms with E-state index in [0.717, 1.165) is 44.0 Å². The zero-order valence-corrected chi connectivity index (χ0v) is 9.50. The van der Waals surface area contributed by atoms with Crippen LogP contribution in [0.2, 0.25) is 0 Å². The summed E-state index contributed by atoms with van der Waals surface area (Å²) in [6, 6.07) is 0. The van der Waals surface area contributed by atoms with E-state index in [1.807, 2.05) is 0 Å². The minimum Gasteiger partial charge on any atom is -0.383 e. The Morgan fingerprint density at radius 1 is 1.31 bits per heavy atom. The van der Waals surface area contributed by atoms with E-state index in [4.69, 9.17) is 5.73 Å². The molecule has 0 aromatic carbocycles. The van der Waals surface area contributed by atoms with Gasteiger partial charge in [0.2, 0.25) is 0 Å². The van der Waals surface area contributed by atoms with Gasteiger partial charge in [-0.05, 0) is 44.7 Å². The van der Waals surface area contributed by atoms with Crippen molar-refractivity contribution in [1.29, 1.82) is 0 Å². The van der Waals surface area contributed by atoms with Crippen molar-refractivity contribution in [3.8, 4) is 0 Å². The van der Waals surface area contributed by atoms with Crippen LogP contribution in [0.5, 0.6) is 0 Å². The molecule has 1 aromatic rings. The van der Waals surface area contributed by atoms with Gasteiger partial charge in [0.05, 0.1) is 0 Å². The fourth-order valence-electron chi connectivity index (χ4n) is 2.75. The summed E-state index contributed by atoms with van der Waals surface area (Å²) >= 11 is 0. The first kappa shape index (κ1) is 10.0. The van der Waals surface area contributed by atoms with Crippen LogP contribution in [-0.2, 0) is 19.3 Å². The maximum absolute atomic E-state index is 5.98. The first-order valence-corrected chi connectivity index (χ1v) is 6.18. The maximum Gasteiger partial charge on any atom is 0.131 e. The molecular formula is C12H18N4. The molecule has 0 saturated carbocycles. The minimum atomic E-state index is 0.693. The summed E-state index contributed by atoms with van der Waals surface area (Å²) in [7, 11) is 0. The van der Waals surface area contributed by atoms with Gasteiger partial charge < -0.3 is 11.1 Å². The number of aromatic nitrogens is 2. The van der Waals surface area contributed by atoms with Gasteiger partial charge in [-0.2, -0.15) is 0 Å². The van der Waals surface area contributed by atoms with Gasteiger partial charge in [-0.25, -0.2) is 9.97 Å². The van der Waals surface area contributed by atoms with Crippen molar-refractivity contribution < 1.29 is 0 Å². The molecule has 4 heteroatoms. The second-order valence-corrected chi connectivity index (χ2v) is 4.87. The van der Waals surface area contributed by atoms with Crippen molar-refractivity contribution in [3.63, 3.8) is 0 Å². The van der Waals surface area contributed by atoms with Gasteiger partial charge in [0.15, 0.2) is 0 Å². The van der Waals surface area contributed by atoms with E-state index in [0.29, 0.717) is 5.92 Å². The fourth-order valence-corrected chi connectivity index (χ4v) is 2.75. The van der Waals surface area contributed by atoms with Crippen molar-refractivity contribution in [2.75, 3.05) is 18.8 Å². The largest absolute Gasteiger partial charge is 0.383 e. The van der Waals surface area contributed by atoms with Crippen molar-refractivity contribution in [2.24, 2.45) is 5.92 Å². The number of nitrogen functional groups attached to an aromatic ring is 1. The summed E-state index contributed by atoms with van der Waals surface area (Å²) in [5.41, 5.74) is 8.38. The Bertz CT molecular complexity index is 396. The Balaban J connectivity index is 1.82. The Morgan fingerprint density at radius 2 is 2.25 bits per heavy atom. The predicted molar refractivity (Wildman–Crippen MR) is 63.2 cm³/mol. The molecule has 0 amide bonds. The van der Waals surface area contributed by atoms with Crippen LogP contribution >= 0.6 is 0 Å². The number of nitrogens with one attached hydrogen (secondary N) is 1. The van der Waals surface area contributed by atoms with E-state index in [1.165, 1.54) is 24.1 Å². The molecule has 1 unspecified atom stereocenters. The summed E-state index contributed by atoms with van der Waals surface area (Å²) < 4.78 is 0. The van der Waals surface area contributed by atoms with Crippen LogP contribution in [0.15, 0.2) is 0 Å². The van der Waals surface area contributed by atoms with Crippen molar-refractivity contribution in [3.05, 3.63) is 17.1 Å². The standard InChI is InChI=1S/C12H18N4/c13-12-9-2-1-3-10(9)15-11(16-12)6-8-4-5-14-7-8/h8,14H,1-7H2,(H2,13,15,16). The van der Waals surface area contributed by atoms with E-state index in [9.17, 15) is 0 Å². The third-order valence-electron chi connectivity index (χ3n) is 3.65. The van der Waals surface area contributed by atoms with Gasteiger partial charge in [0, 0.05) is 17.7 Å². The van der Waals surface area contributed by atoms with Crippen LogP contribution in [0.25, 0.3) is 0 Å². The lowest BCUT2D eigenvalue weighted by atomic mass is 10.0. The monoisotopic (exact) mass is 218 g/mol. The SMILES string of the molecule is Nc1nc(CC2CCNC2)nc2c1CCC2. The molecule has 16 heavy (non-hydrogen) atoms. The number of nitrogens with zero attached hydrogens (tertiary/aromatic N) is 2. The molecule has 2 heterocycles. The molecule has 1 atom stereocenters. The molecule has 4 nitrogen and oxygen atoms in total. The molecule has 3 N–H and O–H groups in total. The molecule has 1 aliphatic heterocycles. The van der Waals surface area contributed by atoms with Crippen molar-refractivity contribution in [1.82, 2.24) is 15.3 Å². The molecule has 3 rings (SSSR count). The van der Waals surface area contributed by atoms with E-state index < -0.39 is 0 Å². The third kappa shape index (κ3) is 1.78. The summed E-state index contributed by atoms with van der Waals surface area (Å²) in [6.45, 7) is 2.23. The molecule has 1 fully saturated rings. The van der Waals surface area contributed by atoms with Gasteiger partial charge in [-0.1, -0.05) is 0 Å². The lowest BCUT2D eigenvalue weighted by Crippen LogP contribution is -2.14. The number of hydrogen-bond acceptors (Lipinski definition) is 4. The van der Waals surface area contributed by atoms with Crippen LogP contribution in [0.1, 0.15) is 29.9 Å². The molecule has 0 bridgehead atoms. The van der Waals surface area contributed by atoms with Crippen LogP contribution in [-0.4, -0.2) is 23.1 Å². The van der Waals surface area contributed by atoms with Crippen molar-refractivity contribution in [2.45, 2.75) is 32.1 Å². The van der Waals surface area contributed by atoms with E-state index in [1.54, 1.807) is 0 Å². The van der Waals surface area contributed by atoms with Gasteiger partial charge in [-0.3, -0.25) is 0 Å². The average Bonchev–Trinajstić information content (AvgIpc) is 2.87. The van der Waals surface area contributed by atoms with Gasteiger partial charge in [0.1, 0.15) is 11.6 Å². The number of aryl methyl sites for hydroxylation is 1. The van der Waals surface area contributed by atoms with Gasteiger partial charge >= 0.3 is 0 Å². The predicted octanol–water partition coefficient (Wildman–Crippen LogP) is 0.699. The summed E-state index contributed by atoms with van der Waals surface area (Å²) in [5, 5.41) is 3.37. The average molecular weight is 218 g/mol. The fraction of sp³-hybridized carbons (Fsp3) is 0.667. The Kier molecular flexibility index (Phi) is 2.52. The van der Waals surface area contributed by atoms with Crippen LogP contribution in [0, 0.1) is 5.92 Å². The maximum atomic E-state index is 5.98. The molecule has 1 aliphatic carbocycles. The van der Waals surface area contributed by atoms with E-state index in [2.05, 4.69) is 15.3 Å². The van der Waals surface area contributed by atoms with Crippen LogP contribution in [0.4, 0.5) is 5.82 Å². The first-order chi connectivity index (χ1) is 7.83. The van der Waals surface area contributed by atoms with E-state index >= 15 is 0 Å². The third-order valence-corrected chi connectivity index (χ3v) is 3.65. The molecule has 0 radical (unpaired) electrons. The number of anilines is 1. The smallest absolute Gasteiger partial charge is 0.131 e. The zero-order valence-electron chi connectivity index (χ0n) is 9.50. The summed E-state index contributed by atoms with van der Waals surface area (Å²) in [4.78, 5) is 9.11. The molecule has 2 aliphatic rings. The topological polar surface area (TPSA) is 63.8 Å². The summed E-state index contributed by atoms with van der Waals surface area (Å²) in [6.07, 6.45) is 5.54. The lowest BCUT2D eigenvalue weighted by molar-refractivity contribution is 0.560. The Morgan fingerprint density at radius 3 is 3.06 bits per heavy atom. The highest BCUT2D eigenvalue weighted by Gasteiger charge is 2.20. The molecule has 1 aromatic heterocycles. The molecular weight excluding hydrogens is 200 g/mol. The highest BCUT2D eigenvalue weighted by atomic mass is 15.0. The first-order valence-electron chi connectivity index (χ1n) is 6.18. The molecule has 86 valence electrons. The molecule has 1 saturated heterocycles. The van der Waals surface area contributed by atoms with Crippen LogP contribution in [0.3, 0.4) is 0 Å². The minimum absolute atomic E-state index is 0.693. The van der Waals surface area contributed by atoms with Gasteiger partial charge in [0.25, 0.3) is 0 Å². The highest BCUT2D eigenvalue weighted by Crippen LogP contribution is 2.25. The number of hydrogen-bond donors (Lipinski definition) is 2. The number of nitrogens with two attached hydrogens (primary N) is 1. The Labute approximate surface area is 95.7 Å². The highest BCUT2D eigenvalue weighted by molar-refractivity contribution is 5.44. The van der Waals surface area contributed by atoms with Crippen molar-refractivity contribution >= 4 is 5.82 Å². The number of rotatable bonds is 2. The summed E-state index contributed by atoms with van der Waals surface area (Å²) in [5.74, 6) is 2.37.